The first-order valence-corrected chi connectivity index (χ1v) is 7.41. The summed E-state index contributed by atoms with van der Waals surface area (Å²) in [7, 11) is 0. The number of aromatic nitrogens is 2. The smallest absolute Gasteiger partial charge is 0.239 e. The fourth-order valence-corrected chi connectivity index (χ4v) is 2.93. The Balaban J connectivity index is 1.63. The topological polar surface area (TPSA) is 72.9 Å². The second-order valence-corrected chi connectivity index (χ2v) is 5.70. The number of halogens is 1. The Kier molecular flexibility index (Phi) is 4.20. The van der Waals surface area contributed by atoms with Gasteiger partial charge in [-0.3, -0.25) is 4.79 Å². The fourth-order valence-electron chi connectivity index (χ4n) is 2.93. The van der Waals surface area contributed by atoms with Gasteiger partial charge in [-0.15, -0.1) is 0 Å². The third-order valence-corrected chi connectivity index (χ3v) is 4.13. The molecule has 0 spiro atoms. The molecular weight excluding hydrogens is 283 g/mol. The van der Waals surface area contributed by atoms with E-state index in [-0.39, 0.29) is 5.82 Å². The van der Waals surface area contributed by atoms with Crippen LogP contribution in [0.1, 0.15) is 23.9 Å². The first-order chi connectivity index (χ1) is 10.6. The number of nitrogens with zero attached hydrogens (tertiary/aromatic N) is 2. The monoisotopic (exact) mass is 302 g/mol. The first kappa shape index (κ1) is 14.7. The molecule has 1 amide bonds. The molecule has 5 nitrogen and oxygen atoms in total. The summed E-state index contributed by atoms with van der Waals surface area (Å²) in [6.45, 7) is 1.57. The van der Waals surface area contributed by atoms with E-state index < -0.39 is 11.9 Å². The fraction of sp³-hybridized carbons (Fsp3) is 0.375. The number of fused-ring (bicyclic) bond motifs is 1. The molecule has 2 heterocycles. The number of imidazole rings is 1. The minimum Gasteiger partial charge on any atom is -0.368 e. The number of carbonyl (C=O) groups excluding carboxylic acids is 1. The van der Waals surface area contributed by atoms with Crippen LogP contribution in [-0.4, -0.2) is 22.0 Å². The zero-order valence-corrected chi connectivity index (χ0v) is 12.2. The molecule has 3 rings (SSSR count). The predicted octanol–water partition coefficient (Wildman–Crippen LogP) is 1.40. The molecule has 0 radical (unpaired) electrons. The largest absolute Gasteiger partial charge is 0.368 e. The normalized spacial score (nSPS) is 18.7. The zero-order valence-electron chi connectivity index (χ0n) is 12.2. The number of primary amides is 1. The number of hydrogen-bond donors (Lipinski definition) is 2. The summed E-state index contributed by atoms with van der Waals surface area (Å²) in [6, 6.07) is 5.26. The Hall–Kier alpha value is -2.21. The highest BCUT2D eigenvalue weighted by Gasteiger charge is 2.22. The maximum absolute atomic E-state index is 13.0. The van der Waals surface area contributed by atoms with Crippen molar-refractivity contribution in [3.05, 3.63) is 53.9 Å². The molecule has 116 valence electrons. The van der Waals surface area contributed by atoms with Crippen LogP contribution >= 0.6 is 0 Å². The first-order valence-electron chi connectivity index (χ1n) is 7.41. The molecular formula is C16H19FN4O. The highest BCUT2D eigenvalue weighted by molar-refractivity contribution is 5.81. The van der Waals surface area contributed by atoms with Gasteiger partial charge in [-0.25, -0.2) is 9.37 Å². The van der Waals surface area contributed by atoms with E-state index in [1.807, 2.05) is 12.4 Å². The maximum Gasteiger partial charge on any atom is 0.239 e. The van der Waals surface area contributed by atoms with Crippen molar-refractivity contribution in [1.29, 1.82) is 0 Å². The van der Waals surface area contributed by atoms with Crippen molar-refractivity contribution in [2.75, 3.05) is 6.54 Å². The Morgan fingerprint density at radius 1 is 1.45 bits per heavy atom. The second kappa shape index (κ2) is 6.27. The number of nitrogens with two attached hydrogens (primary N) is 1. The molecule has 0 fully saturated rings. The molecule has 1 aromatic heterocycles. The van der Waals surface area contributed by atoms with Crippen molar-refractivity contribution in [2.24, 2.45) is 11.7 Å². The molecule has 2 unspecified atom stereocenters. The van der Waals surface area contributed by atoms with Gasteiger partial charge in [0.25, 0.3) is 0 Å². The van der Waals surface area contributed by atoms with Crippen LogP contribution in [-0.2, 0) is 17.8 Å². The lowest BCUT2D eigenvalue weighted by Crippen LogP contribution is -2.38. The number of amides is 1. The van der Waals surface area contributed by atoms with E-state index in [4.69, 9.17) is 5.73 Å². The van der Waals surface area contributed by atoms with E-state index in [9.17, 15) is 9.18 Å². The minimum absolute atomic E-state index is 0.327. The van der Waals surface area contributed by atoms with Crippen molar-refractivity contribution in [2.45, 2.75) is 25.4 Å². The van der Waals surface area contributed by atoms with Crippen molar-refractivity contribution in [1.82, 2.24) is 14.9 Å². The van der Waals surface area contributed by atoms with Gasteiger partial charge in [0, 0.05) is 31.9 Å². The Morgan fingerprint density at radius 3 is 2.95 bits per heavy atom. The van der Waals surface area contributed by atoms with Gasteiger partial charge < -0.3 is 15.6 Å². The molecule has 3 N–H and O–H groups in total. The average molecular weight is 302 g/mol. The highest BCUT2D eigenvalue weighted by Crippen LogP contribution is 2.20. The Morgan fingerprint density at radius 2 is 2.23 bits per heavy atom. The molecule has 2 aromatic rings. The van der Waals surface area contributed by atoms with Gasteiger partial charge in [-0.1, -0.05) is 12.1 Å². The van der Waals surface area contributed by atoms with E-state index in [2.05, 4.69) is 14.9 Å². The molecule has 0 saturated carbocycles. The maximum atomic E-state index is 13.0. The van der Waals surface area contributed by atoms with Crippen LogP contribution < -0.4 is 11.1 Å². The van der Waals surface area contributed by atoms with E-state index in [1.54, 1.807) is 12.1 Å². The third kappa shape index (κ3) is 3.17. The van der Waals surface area contributed by atoms with Gasteiger partial charge in [0.1, 0.15) is 17.7 Å². The van der Waals surface area contributed by atoms with E-state index in [1.165, 1.54) is 12.1 Å². The van der Waals surface area contributed by atoms with Crippen LogP contribution in [0.15, 0.2) is 36.7 Å². The van der Waals surface area contributed by atoms with Crippen LogP contribution in [0.5, 0.6) is 0 Å². The summed E-state index contributed by atoms with van der Waals surface area (Å²) in [4.78, 5) is 16.0. The molecule has 2 atom stereocenters. The number of carbonyl (C=O) groups is 1. The summed E-state index contributed by atoms with van der Waals surface area (Å²) >= 11 is 0. The Labute approximate surface area is 128 Å². The standard InChI is InChI=1S/C16H19FN4O/c17-13-4-2-12(3-5-13)15(16(18)22)20-9-11-1-6-14-19-7-8-21(14)10-11/h2-5,7-8,11,15,20H,1,6,9-10H2,(H2,18,22). The highest BCUT2D eigenvalue weighted by atomic mass is 19.1. The van der Waals surface area contributed by atoms with Crippen molar-refractivity contribution >= 4 is 5.91 Å². The van der Waals surface area contributed by atoms with Gasteiger partial charge in [0.2, 0.25) is 5.91 Å². The quantitative estimate of drug-likeness (QED) is 0.877. The SMILES string of the molecule is NC(=O)C(NCC1CCc2nccn2C1)c1ccc(F)cc1. The third-order valence-electron chi connectivity index (χ3n) is 4.13. The molecule has 1 aliphatic rings. The lowest BCUT2D eigenvalue weighted by molar-refractivity contribution is -0.120. The van der Waals surface area contributed by atoms with Crippen LogP contribution in [0.4, 0.5) is 4.39 Å². The van der Waals surface area contributed by atoms with Crippen LogP contribution in [0.2, 0.25) is 0 Å². The van der Waals surface area contributed by atoms with Gasteiger partial charge in [0.15, 0.2) is 0 Å². The molecule has 22 heavy (non-hydrogen) atoms. The van der Waals surface area contributed by atoms with Crippen molar-refractivity contribution in [3.63, 3.8) is 0 Å². The molecule has 0 bridgehead atoms. The summed E-state index contributed by atoms with van der Waals surface area (Å²) in [5.74, 6) is 0.753. The molecule has 1 aromatic carbocycles. The van der Waals surface area contributed by atoms with E-state index >= 15 is 0 Å². The number of rotatable bonds is 5. The van der Waals surface area contributed by atoms with Gasteiger partial charge >= 0.3 is 0 Å². The van der Waals surface area contributed by atoms with Crippen molar-refractivity contribution in [3.8, 4) is 0 Å². The lowest BCUT2D eigenvalue weighted by Gasteiger charge is -2.26. The summed E-state index contributed by atoms with van der Waals surface area (Å²) in [5.41, 5.74) is 6.16. The Bertz CT molecular complexity index is 652. The predicted molar refractivity (Wildman–Crippen MR) is 80.4 cm³/mol. The summed E-state index contributed by atoms with van der Waals surface area (Å²) in [6.07, 6.45) is 5.76. The lowest BCUT2D eigenvalue weighted by atomic mass is 9.98. The minimum atomic E-state index is -0.593. The number of nitrogens with one attached hydrogen (secondary N) is 1. The zero-order chi connectivity index (χ0) is 15.5. The van der Waals surface area contributed by atoms with E-state index in [0.717, 1.165) is 25.2 Å². The average Bonchev–Trinajstić information content (AvgIpc) is 2.96. The van der Waals surface area contributed by atoms with Crippen molar-refractivity contribution < 1.29 is 9.18 Å². The number of benzene rings is 1. The molecule has 0 saturated heterocycles. The van der Waals surface area contributed by atoms with Gasteiger partial charge in [-0.05, 0) is 30.0 Å². The number of hydrogen-bond acceptors (Lipinski definition) is 3. The van der Waals surface area contributed by atoms with Crippen LogP contribution in [0.25, 0.3) is 0 Å². The molecule has 6 heteroatoms. The van der Waals surface area contributed by atoms with Crippen LogP contribution in [0.3, 0.4) is 0 Å². The van der Waals surface area contributed by atoms with E-state index in [0.29, 0.717) is 18.0 Å². The molecule has 1 aliphatic heterocycles. The summed E-state index contributed by atoms with van der Waals surface area (Å²) in [5, 5.41) is 3.22. The molecule has 0 aliphatic carbocycles. The second-order valence-electron chi connectivity index (χ2n) is 5.70. The van der Waals surface area contributed by atoms with Crippen LogP contribution in [0, 0.1) is 11.7 Å². The number of aryl methyl sites for hydroxylation is 1. The van der Waals surface area contributed by atoms with Gasteiger partial charge in [-0.2, -0.15) is 0 Å². The van der Waals surface area contributed by atoms with Gasteiger partial charge in [0.05, 0.1) is 0 Å². The summed E-state index contributed by atoms with van der Waals surface area (Å²) < 4.78 is 15.1.